The Labute approximate surface area is 191 Å². The number of pyridine rings is 1. The Morgan fingerprint density at radius 2 is 1.91 bits per heavy atom. The van der Waals surface area contributed by atoms with Crippen molar-refractivity contribution in [3.05, 3.63) is 101 Å². The van der Waals surface area contributed by atoms with E-state index in [0.717, 1.165) is 11.6 Å². The van der Waals surface area contributed by atoms with E-state index in [2.05, 4.69) is 4.98 Å². The van der Waals surface area contributed by atoms with Gasteiger partial charge in [0.1, 0.15) is 17.3 Å². The van der Waals surface area contributed by atoms with Crippen LogP contribution >= 0.6 is 0 Å². The number of hydrogen-bond acceptors (Lipinski definition) is 5. The first kappa shape index (κ1) is 22.2. The third-order valence-electron chi connectivity index (χ3n) is 5.57. The van der Waals surface area contributed by atoms with Crippen LogP contribution in [0.15, 0.2) is 72.6 Å². The van der Waals surface area contributed by atoms with Gasteiger partial charge in [-0.25, -0.2) is 4.39 Å². The van der Waals surface area contributed by atoms with Gasteiger partial charge in [-0.2, -0.15) is 0 Å². The van der Waals surface area contributed by atoms with Crippen molar-refractivity contribution >= 4 is 17.4 Å². The quantitative estimate of drug-likeness (QED) is 0.341. The van der Waals surface area contributed by atoms with Gasteiger partial charge in [0, 0.05) is 24.5 Å². The van der Waals surface area contributed by atoms with Crippen LogP contribution in [-0.2, 0) is 16.1 Å². The highest BCUT2D eigenvalue weighted by Crippen LogP contribution is 2.40. The normalized spacial score (nSPS) is 17.4. The fourth-order valence-electron chi connectivity index (χ4n) is 3.89. The van der Waals surface area contributed by atoms with Crippen LogP contribution in [0.2, 0.25) is 0 Å². The van der Waals surface area contributed by atoms with Crippen molar-refractivity contribution in [3.8, 4) is 5.75 Å². The van der Waals surface area contributed by atoms with Crippen molar-refractivity contribution in [2.24, 2.45) is 0 Å². The monoisotopic (exact) mass is 446 g/mol. The molecule has 1 amide bonds. The van der Waals surface area contributed by atoms with E-state index in [1.165, 1.54) is 17.0 Å². The van der Waals surface area contributed by atoms with Crippen molar-refractivity contribution < 1.29 is 23.8 Å². The van der Waals surface area contributed by atoms with Crippen LogP contribution in [0, 0.1) is 12.7 Å². The molecule has 1 fully saturated rings. The van der Waals surface area contributed by atoms with Gasteiger partial charge in [0.25, 0.3) is 11.7 Å². The summed E-state index contributed by atoms with van der Waals surface area (Å²) in [6.07, 6.45) is 3.23. The minimum atomic E-state index is -0.856. The first-order valence-electron chi connectivity index (χ1n) is 10.6. The number of ether oxygens (including phenoxy) is 1. The summed E-state index contributed by atoms with van der Waals surface area (Å²) in [5.74, 6) is -1.85. The Morgan fingerprint density at radius 3 is 2.55 bits per heavy atom. The van der Waals surface area contributed by atoms with Crippen LogP contribution in [0.4, 0.5) is 4.39 Å². The SMILES string of the molecule is CCOc1ccc(C2/C(=C(\O)c3ccc(C)c(F)c3)C(=O)C(=O)N2Cc2cccnc2)cc1. The van der Waals surface area contributed by atoms with Gasteiger partial charge in [0.05, 0.1) is 18.2 Å². The molecule has 4 rings (SSSR count). The number of aromatic nitrogens is 1. The first-order chi connectivity index (χ1) is 15.9. The number of halogens is 1. The van der Waals surface area contributed by atoms with E-state index in [-0.39, 0.29) is 17.7 Å². The number of aryl methyl sites for hydroxylation is 1. The summed E-state index contributed by atoms with van der Waals surface area (Å²) in [6.45, 7) is 4.09. The maximum Gasteiger partial charge on any atom is 0.295 e. The highest BCUT2D eigenvalue weighted by molar-refractivity contribution is 6.46. The molecule has 0 aliphatic carbocycles. The first-order valence-corrected chi connectivity index (χ1v) is 10.6. The Hall–Kier alpha value is -4.00. The number of carbonyl (C=O) groups excluding carboxylic acids is 2. The zero-order valence-corrected chi connectivity index (χ0v) is 18.3. The van der Waals surface area contributed by atoms with Crippen molar-refractivity contribution in [2.75, 3.05) is 6.61 Å². The smallest absolute Gasteiger partial charge is 0.295 e. The summed E-state index contributed by atoms with van der Waals surface area (Å²) in [7, 11) is 0. The molecule has 0 radical (unpaired) electrons. The second-order valence-electron chi connectivity index (χ2n) is 7.75. The Bertz CT molecular complexity index is 1220. The second-order valence-corrected chi connectivity index (χ2v) is 7.75. The zero-order chi connectivity index (χ0) is 23.5. The molecule has 0 bridgehead atoms. The lowest BCUT2D eigenvalue weighted by atomic mass is 9.94. The summed E-state index contributed by atoms with van der Waals surface area (Å²) in [5.41, 5.74) is 1.81. The lowest BCUT2D eigenvalue weighted by molar-refractivity contribution is -0.140. The van der Waals surface area contributed by atoms with Crippen LogP contribution in [0.5, 0.6) is 5.75 Å². The second kappa shape index (κ2) is 9.24. The van der Waals surface area contributed by atoms with Crippen LogP contribution in [0.3, 0.4) is 0 Å². The number of hydrogen-bond donors (Lipinski definition) is 1. The molecule has 1 N–H and O–H groups in total. The highest BCUT2D eigenvalue weighted by Gasteiger charge is 2.46. The standard InChI is InChI=1S/C26H23FN2O4/c1-3-33-20-10-8-18(9-11-20)23-22(24(30)19-7-6-16(2)21(27)13-19)25(31)26(32)29(23)15-17-5-4-12-28-14-17/h4-14,23,30H,3,15H2,1-2H3/b24-22+. The van der Waals surface area contributed by atoms with Gasteiger partial charge < -0.3 is 14.7 Å². The number of aliphatic hydroxyl groups is 1. The van der Waals surface area contributed by atoms with E-state index in [0.29, 0.717) is 23.5 Å². The zero-order valence-electron chi connectivity index (χ0n) is 18.3. The van der Waals surface area contributed by atoms with Crippen LogP contribution in [0.1, 0.15) is 35.2 Å². The number of nitrogens with zero attached hydrogens (tertiary/aromatic N) is 2. The average molecular weight is 446 g/mol. The van der Waals surface area contributed by atoms with E-state index in [9.17, 15) is 19.1 Å². The van der Waals surface area contributed by atoms with Gasteiger partial charge in [0.2, 0.25) is 0 Å². The van der Waals surface area contributed by atoms with E-state index in [4.69, 9.17) is 4.74 Å². The van der Waals surface area contributed by atoms with Crippen molar-refractivity contribution in [1.82, 2.24) is 9.88 Å². The summed E-state index contributed by atoms with van der Waals surface area (Å²) < 4.78 is 19.7. The number of benzene rings is 2. The molecule has 2 heterocycles. The Kier molecular flexibility index (Phi) is 6.22. The molecule has 1 aliphatic heterocycles. The van der Waals surface area contributed by atoms with E-state index in [1.54, 1.807) is 55.7 Å². The van der Waals surface area contributed by atoms with Crippen LogP contribution < -0.4 is 4.74 Å². The third-order valence-corrected chi connectivity index (χ3v) is 5.57. The fourth-order valence-corrected chi connectivity index (χ4v) is 3.89. The fraction of sp³-hybridized carbons (Fsp3) is 0.192. The number of rotatable bonds is 6. The van der Waals surface area contributed by atoms with Gasteiger partial charge in [-0.05, 0) is 54.8 Å². The number of Topliss-reactive ketones (excluding diaryl/α,β-unsaturated/α-hetero) is 1. The number of aliphatic hydroxyl groups excluding tert-OH is 1. The lowest BCUT2D eigenvalue weighted by Crippen LogP contribution is -2.29. The summed E-state index contributed by atoms with van der Waals surface area (Å²) in [6, 6.07) is 13.9. The molecule has 0 saturated carbocycles. The van der Waals surface area contributed by atoms with Gasteiger partial charge in [-0.3, -0.25) is 14.6 Å². The molecule has 1 unspecified atom stereocenters. The topological polar surface area (TPSA) is 79.7 Å². The lowest BCUT2D eigenvalue weighted by Gasteiger charge is -2.25. The molecular formula is C26H23FN2O4. The van der Waals surface area contributed by atoms with E-state index in [1.807, 2.05) is 6.92 Å². The van der Waals surface area contributed by atoms with Gasteiger partial charge in [-0.15, -0.1) is 0 Å². The summed E-state index contributed by atoms with van der Waals surface area (Å²) in [4.78, 5) is 31.6. The minimum Gasteiger partial charge on any atom is -0.507 e. The van der Waals surface area contributed by atoms with E-state index >= 15 is 0 Å². The Morgan fingerprint density at radius 1 is 1.15 bits per heavy atom. The molecule has 6 nitrogen and oxygen atoms in total. The molecule has 7 heteroatoms. The van der Waals surface area contributed by atoms with Gasteiger partial charge in [-0.1, -0.05) is 30.3 Å². The number of likely N-dealkylation sites (tertiary alicyclic amines) is 1. The molecule has 1 atom stereocenters. The van der Waals surface area contributed by atoms with Crippen molar-refractivity contribution in [3.63, 3.8) is 0 Å². The molecule has 1 aromatic heterocycles. The van der Waals surface area contributed by atoms with Gasteiger partial charge in [0.15, 0.2) is 0 Å². The third kappa shape index (κ3) is 4.35. The number of carbonyl (C=O) groups is 2. The molecule has 1 saturated heterocycles. The molecule has 0 spiro atoms. The largest absolute Gasteiger partial charge is 0.507 e. The molecule has 2 aromatic carbocycles. The molecular weight excluding hydrogens is 423 g/mol. The summed E-state index contributed by atoms with van der Waals surface area (Å²) in [5, 5.41) is 11.1. The number of amides is 1. The van der Waals surface area contributed by atoms with Crippen LogP contribution in [0.25, 0.3) is 5.76 Å². The Balaban J connectivity index is 1.84. The molecule has 1 aliphatic rings. The summed E-state index contributed by atoms with van der Waals surface area (Å²) >= 11 is 0. The average Bonchev–Trinajstić information content (AvgIpc) is 3.07. The van der Waals surface area contributed by atoms with Crippen molar-refractivity contribution in [2.45, 2.75) is 26.4 Å². The predicted molar refractivity (Wildman–Crippen MR) is 121 cm³/mol. The highest BCUT2D eigenvalue weighted by atomic mass is 19.1. The molecule has 3 aromatic rings. The molecule has 33 heavy (non-hydrogen) atoms. The molecule has 168 valence electrons. The predicted octanol–water partition coefficient (Wildman–Crippen LogP) is 4.55. The van der Waals surface area contributed by atoms with Crippen LogP contribution in [-0.4, -0.2) is 33.3 Å². The minimum absolute atomic E-state index is 0.0868. The van der Waals surface area contributed by atoms with E-state index < -0.39 is 29.3 Å². The van der Waals surface area contributed by atoms with Gasteiger partial charge >= 0.3 is 0 Å². The van der Waals surface area contributed by atoms with Crippen molar-refractivity contribution in [1.29, 1.82) is 0 Å². The number of ketones is 1. The maximum atomic E-state index is 14.2. The maximum absolute atomic E-state index is 14.2.